The number of nitrogens with zero attached hydrogens (tertiary/aromatic N) is 4. The highest BCUT2D eigenvalue weighted by Crippen LogP contribution is 2.56. The molecule has 11 heteroatoms. The molecule has 0 bridgehead atoms. The molecule has 1 heterocycles. The van der Waals surface area contributed by atoms with E-state index in [0.717, 1.165) is 21.5 Å². The van der Waals surface area contributed by atoms with Gasteiger partial charge in [-0.1, -0.05) is 111 Å². The predicted octanol–water partition coefficient (Wildman–Crippen LogP) is 6.86. The van der Waals surface area contributed by atoms with Crippen molar-refractivity contribution in [2.75, 3.05) is 19.0 Å². The quantitative estimate of drug-likeness (QED) is 0.0666. The lowest BCUT2D eigenvalue weighted by atomic mass is 9.74. The maximum absolute atomic E-state index is 13.4. The van der Waals surface area contributed by atoms with Gasteiger partial charge in [0.25, 0.3) is 8.32 Å². The van der Waals surface area contributed by atoms with E-state index in [-0.39, 0.29) is 12.5 Å². The maximum Gasteiger partial charge on any atom is 0.261 e. The van der Waals surface area contributed by atoms with Crippen molar-refractivity contribution in [3.05, 3.63) is 137 Å². The summed E-state index contributed by atoms with van der Waals surface area (Å²) in [4.78, 5) is 8.38. The predicted molar refractivity (Wildman–Crippen MR) is 213 cm³/mol. The summed E-state index contributed by atoms with van der Waals surface area (Å²) in [7, 11) is -1.66. The highest BCUT2D eigenvalue weighted by molar-refractivity contribution is 6.99. The third kappa shape index (κ3) is 6.12. The Kier molecular flexibility index (Phi) is 10.1. The van der Waals surface area contributed by atoms with Gasteiger partial charge >= 0.3 is 0 Å². The van der Waals surface area contributed by atoms with Crippen LogP contribution < -0.4 is 20.4 Å². The van der Waals surface area contributed by atoms with Crippen LogP contribution >= 0.6 is 0 Å². The number of allylic oxidation sites excluding steroid dienone is 1. The summed E-state index contributed by atoms with van der Waals surface area (Å²) in [5, 5.41) is 36.0. The second-order valence-electron chi connectivity index (χ2n) is 15.3. The van der Waals surface area contributed by atoms with Gasteiger partial charge in [0.2, 0.25) is 5.90 Å². The van der Waals surface area contributed by atoms with Crippen molar-refractivity contribution in [3.8, 4) is 5.75 Å². The van der Waals surface area contributed by atoms with Gasteiger partial charge in [0.15, 0.2) is 0 Å². The fourth-order valence-electron chi connectivity index (χ4n) is 8.35. The van der Waals surface area contributed by atoms with Crippen LogP contribution in [0.1, 0.15) is 52.7 Å². The molecule has 6 rings (SSSR count). The number of nitrogens with one attached hydrogen (secondary N) is 1. The number of hydrogen-bond acceptors (Lipinski definition) is 8. The molecule has 0 aromatic heterocycles. The Balaban J connectivity index is 1.56. The Morgan fingerprint density at radius 2 is 1.58 bits per heavy atom. The molecule has 1 saturated carbocycles. The second-order valence-corrected chi connectivity index (χ2v) is 19.6. The van der Waals surface area contributed by atoms with Gasteiger partial charge in [0.1, 0.15) is 28.6 Å². The highest BCUT2D eigenvalue weighted by Gasteiger charge is 2.78. The summed E-state index contributed by atoms with van der Waals surface area (Å²) in [5.74, 6) is 0.907. The van der Waals surface area contributed by atoms with Crippen LogP contribution in [0.2, 0.25) is 5.04 Å². The summed E-state index contributed by atoms with van der Waals surface area (Å²) in [6.45, 7) is 15.5. The van der Waals surface area contributed by atoms with Gasteiger partial charge in [0.05, 0.1) is 25.8 Å². The Morgan fingerprint density at radius 3 is 2.11 bits per heavy atom. The lowest BCUT2D eigenvalue weighted by molar-refractivity contribution is -0.171. The molecule has 3 N–H and O–H groups in total. The van der Waals surface area contributed by atoms with Gasteiger partial charge in [0, 0.05) is 16.2 Å². The van der Waals surface area contributed by atoms with Gasteiger partial charge in [-0.2, -0.15) is 0 Å². The second kappa shape index (κ2) is 14.2. The van der Waals surface area contributed by atoms with Crippen LogP contribution in [0.15, 0.2) is 126 Å². The standard InChI is InChI=1S/C42H49N5O5Si/c1-28(2)31-16-15-17-32(26-31)44-36-37(46-47-43)42(29(3)52-38(45-42)30-22-24-33(50-8)25-23-30)40(7,48)41(36,49)27-51-53(39(4,5)6,34-18-11-9-12-19-34)35-20-13-10-14-21-35/h9-26,29,36-37,44,48-49H,1,27H2,2-8H3/t29-,36-,37-,40-,41+,42-/m0/s1. The number of azide groups is 1. The van der Waals surface area contributed by atoms with Gasteiger partial charge < -0.3 is 29.4 Å². The number of rotatable bonds is 11. The van der Waals surface area contributed by atoms with Crippen LogP contribution in [0.4, 0.5) is 5.69 Å². The van der Waals surface area contributed by atoms with Gasteiger partial charge in [-0.3, -0.25) is 0 Å². The summed E-state index contributed by atoms with van der Waals surface area (Å²) < 4.78 is 19.2. The van der Waals surface area contributed by atoms with Crippen LogP contribution in [-0.4, -0.2) is 73.1 Å². The van der Waals surface area contributed by atoms with Gasteiger partial charge in [-0.05, 0) is 83.7 Å². The SMILES string of the molecule is C=C(C)c1cccc(N[C@H]2[C@H](N=[N+]=[N-])[C@]3(N=C(c4ccc(OC)cc4)O[C@H]3C)[C@@](C)(O)[C@@]2(O)CO[Si](c2ccccc2)(c2ccccc2)C(C)(C)C)c1. The molecule has 1 spiro atoms. The van der Waals surface area contributed by atoms with E-state index in [1.54, 1.807) is 33.1 Å². The molecule has 10 nitrogen and oxygen atoms in total. The van der Waals surface area contributed by atoms with E-state index in [1.165, 1.54) is 0 Å². The van der Waals surface area contributed by atoms with E-state index < -0.39 is 48.3 Å². The molecule has 0 unspecified atom stereocenters. The Morgan fingerprint density at radius 1 is 0.981 bits per heavy atom. The molecular formula is C42H49N5O5Si. The minimum absolute atomic E-state index is 0.249. The number of hydrogen-bond donors (Lipinski definition) is 3. The molecule has 276 valence electrons. The Bertz CT molecular complexity index is 1990. The summed E-state index contributed by atoms with van der Waals surface area (Å²) in [6, 6.07) is 32.8. The highest BCUT2D eigenvalue weighted by atomic mass is 28.4. The molecule has 4 aromatic rings. The number of methoxy groups -OCH3 is 1. The van der Waals surface area contributed by atoms with E-state index in [0.29, 0.717) is 17.0 Å². The van der Waals surface area contributed by atoms with Crippen LogP contribution in [0, 0.1) is 0 Å². The molecular weight excluding hydrogens is 683 g/mol. The number of anilines is 1. The maximum atomic E-state index is 13.4. The third-order valence-corrected chi connectivity index (χ3v) is 16.2. The molecule has 0 saturated heterocycles. The molecule has 53 heavy (non-hydrogen) atoms. The first-order valence-corrected chi connectivity index (χ1v) is 19.7. The zero-order chi connectivity index (χ0) is 38.2. The molecule has 1 aliphatic carbocycles. The van der Waals surface area contributed by atoms with Crippen LogP contribution in [-0.2, 0) is 9.16 Å². The minimum Gasteiger partial charge on any atom is -0.497 e. The number of benzene rings is 4. The molecule has 2 aliphatic rings. The van der Waals surface area contributed by atoms with Crippen molar-refractivity contribution >= 4 is 35.8 Å². The first-order chi connectivity index (χ1) is 25.2. The smallest absolute Gasteiger partial charge is 0.261 e. The first-order valence-electron chi connectivity index (χ1n) is 17.8. The van der Waals surface area contributed by atoms with E-state index in [9.17, 15) is 15.7 Å². The zero-order valence-corrected chi connectivity index (χ0v) is 32.4. The van der Waals surface area contributed by atoms with E-state index >= 15 is 0 Å². The van der Waals surface area contributed by atoms with Gasteiger partial charge in [-0.25, -0.2) is 4.99 Å². The zero-order valence-electron chi connectivity index (χ0n) is 31.4. The topological polar surface area (TPSA) is 141 Å². The van der Waals surface area contributed by atoms with E-state index in [2.05, 4.69) is 67.0 Å². The number of aliphatic hydroxyl groups is 2. The summed E-state index contributed by atoms with van der Waals surface area (Å²) >= 11 is 0. The van der Waals surface area contributed by atoms with E-state index in [4.69, 9.17) is 18.9 Å². The Labute approximate surface area is 312 Å². The largest absolute Gasteiger partial charge is 0.497 e. The van der Waals surface area contributed by atoms with Crippen molar-refractivity contribution in [2.24, 2.45) is 10.1 Å². The van der Waals surface area contributed by atoms with Crippen LogP contribution in [0.5, 0.6) is 5.75 Å². The molecule has 0 amide bonds. The van der Waals surface area contributed by atoms with Crippen molar-refractivity contribution in [1.82, 2.24) is 0 Å². The fraction of sp³-hybridized carbons (Fsp3) is 0.357. The van der Waals surface area contributed by atoms with Crippen molar-refractivity contribution in [1.29, 1.82) is 0 Å². The fourth-order valence-corrected chi connectivity index (χ4v) is 12.9. The number of ether oxygens (including phenoxy) is 2. The monoisotopic (exact) mass is 731 g/mol. The van der Waals surface area contributed by atoms with Crippen molar-refractivity contribution in [3.63, 3.8) is 0 Å². The number of aliphatic imine (C=N–C) groups is 1. The molecule has 1 aliphatic heterocycles. The average Bonchev–Trinajstić information content (AvgIpc) is 3.56. The Hall–Kier alpha value is -4.90. The summed E-state index contributed by atoms with van der Waals surface area (Å²) in [6.07, 6.45) is -0.835. The minimum atomic E-state index is -3.25. The molecule has 6 atom stereocenters. The van der Waals surface area contributed by atoms with Crippen LogP contribution in [0.25, 0.3) is 16.0 Å². The van der Waals surface area contributed by atoms with Crippen LogP contribution in [0.3, 0.4) is 0 Å². The average molecular weight is 732 g/mol. The third-order valence-electron chi connectivity index (χ3n) is 11.2. The normalized spacial score (nSPS) is 26.7. The van der Waals surface area contributed by atoms with Crippen molar-refractivity contribution < 1.29 is 24.1 Å². The lowest BCUT2D eigenvalue weighted by Gasteiger charge is -2.48. The lowest BCUT2D eigenvalue weighted by Crippen LogP contribution is -2.71. The summed E-state index contributed by atoms with van der Waals surface area (Å²) in [5.41, 5.74) is 7.31. The molecule has 4 aromatic carbocycles. The molecule has 0 radical (unpaired) electrons. The van der Waals surface area contributed by atoms with Crippen molar-refractivity contribution in [2.45, 2.75) is 81.5 Å². The molecule has 1 fully saturated rings. The first kappa shape index (κ1) is 37.8. The van der Waals surface area contributed by atoms with E-state index in [1.807, 2.05) is 79.7 Å². The van der Waals surface area contributed by atoms with Gasteiger partial charge in [-0.15, -0.1) is 0 Å².